The number of nitrogens with two attached hydrogens (primary N) is 1. The minimum atomic E-state index is 0.180. The number of amides is 1. The van der Waals surface area contributed by atoms with Crippen molar-refractivity contribution >= 4 is 5.91 Å². The summed E-state index contributed by atoms with van der Waals surface area (Å²) in [6.45, 7) is 11.1. The molecule has 2 fully saturated rings. The van der Waals surface area contributed by atoms with E-state index in [4.69, 9.17) is 5.73 Å². The number of carbonyl (C=O) groups excluding carboxylic acids is 1. The van der Waals surface area contributed by atoms with Crippen LogP contribution in [0.2, 0.25) is 0 Å². The summed E-state index contributed by atoms with van der Waals surface area (Å²) in [6.07, 6.45) is 5.32. The molecule has 0 aromatic rings. The second kappa shape index (κ2) is 6.05. The highest BCUT2D eigenvalue weighted by Crippen LogP contribution is 2.36. The summed E-state index contributed by atoms with van der Waals surface area (Å²) in [4.78, 5) is 14.8. The quantitative estimate of drug-likeness (QED) is 0.802. The Kier molecular flexibility index (Phi) is 4.78. The van der Waals surface area contributed by atoms with Gasteiger partial charge in [0.15, 0.2) is 0 Å². The highest BCUT2D eigenvalue weighted by atomic mass is 16.2. The van der Waals surface area contributed by atoms with Gasteiger partial charge in [0.1, 0.15) is 0 Å². The van der Waals surface area contributed by atoms with Gasteiger partial charge < -0.3 is 10.6 Å². The van der Waals surface area contributed by atoms with Gasteiger partial charge in [0.25, 0.3) is 0 Å². The van der Waals surface area contributed by atoms with Crippen molar-refractivity contribution in [1.29, 1.82) is 0 Å². The molecule has 116 valence electrons. The first-order valence-electron chi connectivity index (χ1n) is 8.31. The molecule has 1 aliphatic carbocycles. The third-order valence-corrected chi connectivity index (χ3v) is 5.36. The van der Waals surface area contributed by atoms with Crippen molar-refractivity contribution in [1.82, 2.24) is 4.90 Å². The van der Waals surface area contributed by atoms with E-state index in [1.807, 2.05) is 0 Å². The third kappa shape index (κ3) is 3.75. The van der Waals surface area contributed by atoms with E-state index in [0.717, 1.165) is 51.1 Å². The summed E-state index contributed by atoms with van der Waals surface area (Å²) in [7, 11) is 0. The van der Waals surface area contributed by atoms with Crippen molar-refractivity contribution in [2.45, 2.75) is 65.8 Å². The average molecular weight is 280 g/mol. The van der Waals surface area contributed by atoms with Gasteiger partial charge in [-0.1, -0.05) is 27.7 Å². The Morgan fingerprint density at radius 2 is 1.70 bits per heavy atom. The molecule has 1 aliphatic heterocycles. The van der Waals surface area contributed by atoms with Crippen molar-refractivity contribution in [3.8, 4) is 0 Å². The lowest BCUT2D eigenvalue weighted by Gasteiger charge is -2.41. The molecule has 0 aromatic carbocycles. The van der Waals surface area contributed by atoms with Gasteiger partial charge in [0.05, 0.1) is 0 Å². The smallest absolute Gasteiger partial charge is 0.225 e. The Labute approximate surface area is 124 Å². The van der Waals surface area contributed by atoms with Crippen LogP contribution >= 0.6 is 0 Å². The van der Waals surface area contributed by atoms with E-state index in [1.165, 1.54) is 0 Å². The Balaban J connectivity index is 1.88. The largest absolute Gasteiger partial charge is 0.342 e. The molecule has 2 N–H and O–H groups in total. The van der Waals surface area contributed by atoms with Gasteiger partial charge >= 0.3 is 0 Å². The maximum absolute atomic E-state index is 12.7. The molecule has 2 rings (SSSR count). The topological polar surface area (TPSA) is 46.3 Å². The zero-order valence-electron chi connectivity index (χ0n) is 13.7. The number of likely N-dealkylation sites (tertiary alicyclic amines) is 1. The SMILES string of the molecule is CC1CC(N)CC(C(=O)N2CCC(C(C)(C)C)CC2)C1. The van der Waals surface area contributed by atoms with E-state index < -0.39 is 0 Å². The molecule has 3 unspecified atom stereocenters. The molecule has 1 heterocycles. The third-order valence-electron chi connectivity index (χ3n) is 5.36. The van der Waals surface area contributed by atoms with E-state index in [-0.39, 0.29) is 12.0 Å². The molecule has 1 saturated carbocycles. The van der Waals surface area contributed by atoms with Crippen molar-refractivity contribution in [2.24, 2.45) is 28.9 Å². The number of rotatable bonds is 1. The maximum Gasteiger partial charge on any atom is 0.225 e. The van der Waals surface area contributed by atoms with Crippen LogP contribution in [-0.4, -0.2) is 29.9 Å². The number of hydrogen-bond donors (Lipinski definition) is 1. The Hall–Kier alpha value is -0.570. The number of piperidine rings is 1. The van der Waals surface area contributed by atoms with Crippen molar-refractivity contribution in [3.05, 3.63) is 0 Å². The van der Waals surface area contributed by atoms with Crippen molar-refractivity contribution < 1.29 is 4.79 Å². The molecule has 3 nitrogen and oxygen atoms in total. The number of hydrogen-bond acceptors (Lipinski definition) is 2. The standard InChI is InChI=1S/C17H32N2O/c1-12-9-13(11-15(18)10-12)16(20)19-7-5-14(6-8-19)17(2,3)4/h12-15H,5-11,18H2,1-4H3. The molecular formula is C17H32N2O. The summed E-state index contributed by atoms with van der Waals surface area (Å²) >= 11 is 0. The zero-order valence-corrected chi connectivity index (χ0v) is 13.7. The molecule has 0 aromatic heterocycles. The minimum absolute atomic E-state index is 0.180. The molecule has 3 atom stereocenters. The number of nitrogens with zero attached hydrogens (tertiary/aromatic N) is 1. The number of carbonyl (C=O) groups is 1. The van der Waals surface area contributed by atoms with Crippen molar-refractivity contribution in [2.75, 3.05) is 13.1 Å². The van der Waals surface area contributed by atoms with Gasteiger partial charge in [0.2, 0.25) is 5.91 Å². The molecule has 3 heteroatoms. The van der Waals surface area contributed by atoms with Crippen molar-refractivity contribution in [3.63, 3.8) is 0 Å². The molecule has 2 aliphatic rings. The zero-order chi connectivity index (χ0) is 14.9. The Morgan fingerprint density at radius 1 is 1.10 bits per heavy atom. The minimum Gasteiger partial charge on any atom is -0.342 e. The molecule has 0 bridgehead atoms. The summed E-state index contributed by atoms with van der Waals surface area (Å²) in [5, 5.41) is 0. The lowest BCUT2D eigenvalue weighted by Crippen LogP contribution is -2.46. The fourth-order valence-corrected chi connectivity index (χ4v) is 4.08. The van der Waals surface area contributed by atoms with Crippen LogP contribution in [0.3, 0.4) is 0 Å². The van der Waals surface area contributed by atoms with Gasteiger partial charge in [-0.2, -0.15) is 0 Å². The van der Waals surface area contributed by atoms with Gasteiger partial charge in [-0.3, -0.25) is 4.79 Å². The molecular weight excluding hydrogens is 248 g/mol. The van der Waals surface area contributed by atoms with Crippen LogP contribution in [0.1, 0.15) is 59.8 Å². The van der Waals surface area contributed by atoms with Crippen LogP contribution in [0.15, 0.2) is 0 Å². The lowest BCUT2D eigenvalue weighted by atomic mass is 9.74. The van der Waals surface area contributed by atoms with Crippen LogP contribution in [0.25, 0.3) is 0 Å². The summed E-state index contributed by atoms with van der Waals surface area (Å²) in [6, 6.07) is 0.222. The van der Waals surface area contributed by atoms with Gasteiger partial charge in [-0.25, -0.2) is 0 Å². The molecule has 1 saturated heterocycles. The van der Waals surface area contributed by atoms with Crippen LogP contribution < -0.4 is 5.73 Å². The lowest BCUT2D eigenvalue weighted by molar-refractivity contribution is -0.139. The fourth-order valence-electron chi connectivity index (χ4n) is 4.08. The highest BCUT2D eigenvalue weighted by Gasteiger charge is 2.35. The van der Waals surface area contributed by atoms with Gasteiger partial charge in [-0.05, 0) is 49.4 Å². The monoisotopic (exact) mass is 280 g/mol. The molecule has 0 spiro atoms. The Morgan fingerprint density at radius 3 is 2.20 bits per heavy atom. The van der Waals surface area contributed by atoms with Crippen LogP contribution in [-0.2, 0) is 4.79 Å². The van der Waals surface area contributed by atoms with E-state index in [2.05, 4.69) is 32.6 Å². The first kappa shape index (κ1) is 15.8. The Bertz CT molecular complexity index is 329. The first-order valence-corrected chi connectivity index (χ1v) is 8.31. The van der Waals surface area contributed by atoms with E-state index in [9.17, 15) is 4.79 Å². The maximum atomic E-state index is 12.7. The van der Waals surface area contributed by atoms with Gasteiger partial charge in [0, 0.05) is 25.0 Å². The average Bonchev–Trinajstić information content (AvgIpc) is 2.36. The van der Waals surface area contributed by atoms with Gasteiger partial charge in [-0.15, -0.1) is 0 Å². The van der Waals surface area contributed by atoms with E-state index >= 15 is 0 Å². The molecule has 1 amide bonds. The second-order valence-corrected chi connectivity index (χ2v) is 8.23. The highest BCUT2D eigenvalue weighted by molar-refractivity contribution is 5.79. The second-order valence-electron chi connectivity index (χ2n) is 8.23. The van der Waals surface area contributed by atoms with E-state index in [0.29, 0.717) is 17.2 Å². The normalized spacial score (nSPS) is 33.2. The summed E-state index contributed by atoms with van der Waals surface area (Å²) < 4.78 is 0. The van der Waals surface area contributed by atoms with Crippen LogP contribution in [0.5, 0.6) is 0 Å². The first-order chi connectivity index (χ1) is 9.27. The van der Waals surface area contributed by atoms with Crippen LogP contribution in [0, 0.1) is 23.2 Å². The van der Waals surface area contributed by atoms with Crippen LogP contribution in [0.4, 0.5) is 0 Å². The molecule has 0 radical (unpaired) electrons. The molecule has 20 heavy (non-hydrogen) atoms. The predicted octanol–water partition coefficient (Wildman–Crippen LogP) is 3.03. The fraction of sp³-hybridized carbons (Fsp3) is 0.941. The summed E-state index contributed by atoms with van der Waals surface area (Å²) in [5.41, 5.74) is 6.46. The predicted molar refractivity (Wildman–Crippen MR) is 83.2 cm³/mol. The summed E-state index contributed by atoms with van der Waals surface area (Å²) in [5.74, 6) is 1.90. The van der Waals surface area contributed by atoms with E-state index in [1.54, 1.807) is 0 Å².